The third kappa shape index (κ3) is 3.39. The Bertz CT molecular complexity index is 234. The summed E-state index contributed by atoms with van der Waals surface area (Å²) >= 11 is 2.17. The molecule has 2 fully saturated rings. The molecule has 2 aliphatic rings. The average Bonchev–Trinajstić information content (AvgIpc) is 2.79. The van der Waals surface area contributed by atoms with Crippen molar-refractivity contribution < 1.29 is 0 Å². The molecule has 3 heteroatoms. The zero-order chi connectivity index (χ0) is 12.3. The molecule has 0 aromatic rings. The van der Waals surface area contributed by atoms with E-state index in [9.17, 15) is 0 Å². The molecule has 0 radical (unpaired) electrons. The van der Waals surface area contributed by atoms with Crippen LogP contribution in [0.4, 0.5) is 0 Å². The van der Waals surface area contributed by atoms with Crippen LogP contribution >= 0.6 is 11.8 Å². The molecule has 0 aromatic carbocycles. The van der Waals surface area contributed by atoms with Crippen molar-refractivity contribution in [3.8, 4) is 0 Å². The highest BCUT2D eigenvalue weighted by Crippen LogP contribution is 2.34. The summed E-state index contributed by atoms with van der Waals surface area (Å²) in [6, 6.07) is 2.32. The zero-order valence-electron chi connectivity index (χ0n) is 11.6. The standard InChI is InChI=1S/C14H28N2S/c1-4-12-10-16(11(3)9-15-12)13-6-7-14(8-13)17-5-2/h11-15H,4-10H2,1-3H3. The van der Waals surface area contributed by atoms with Gasteiger partial charge in [0.2, 0.25) is 0 Å². The fraction of sp³-hybridized carbons (Fsp3) is 1.00. The Balaban J connectivity index is 1.88. The van der Waals surface area contributed by atoms with Crippen LogP contribution in [0.3, 0.4) is 0 Å². The molecule has 2 nitrogen and oxygen atoms in total. The molecule has 17 heavy (non-hydrogen) atoms. The molecule has 1 saturated heterocycles. The highest BCUT2D eigenvalue weighted by atomic mass is 32.2. The van der Waals surface area contributed by atoms with Gasteiger partial charge in [-0.15, -0.1) is 0 Å². The molecule has 4 unspecified atom stereocenters. The number of nitrogens with zero attached hydrogens (tertiary/aromatic N) is 1. The number of hydrogen-bond donors (Lipinski definition) is 1. The van der Waals surface area contributed by atoms with Crippen molar-refractivity contribution in [2.75, 3.05) is 18.8 Å². The van der Waals surface area contributed by atoms with Crippen LogP contribution in [-0.2, 0) is 0 Å². The molecule has 0 aromatic heterocycles. The van der Waals surface area contributed by atoms with Crippen LogP contribution in [0.5, 0.6) is 0 Å². The second-order valence-corrected chi connectivity index (χ2v) is 7.18. The van der Waals surface area contributed by atoms with Gasteiger partial charge in [-0.05, 0) is 38.4 Å². The van der Waals surface area contributed by atoms with Crippen molar-refractivity contribution in [3.63, 3.8) is 0 Å². The fourth-order valence-corrected chi connectivity index (χ4v) is 4.47. The lowest BCUT2D eigenvalue weighted by Gasteiger charge is -2.42. The lowest BCUT2D eigenvalue weighted by Crippen LogP contribution is -2.57. The predicted molar refractivity (Wildman–Crippen MR) is 77.8 cm³/mol. The van der Waals surface area contributed by atoms with E-state index in [0.717, 1.165) is 23.4 Å². The molecule has 2 rings (SSSR count). The number of rotatable bonds is 4. The first kappa shape index (κ1) is 13.7. The lowest BCUT2D eigenvalue weighted by molar-refractivity contribution is 0.0922. The highest BCUT2D eigenvalue weighted by molar-refractivity contribution is 7.99. The number of nitrogens with one attached hydrogen (secondary N) is 1. The quantitative estimate of drug-likeness (QED) is 0.832. The maximum absolute atomic E-state index is 3.66. The van der Waals surface area contributed by atoms with Crippen LogP contribution in [0.25, 0.3) is 0 Å². The molecule has 0 bridgehead atoms. The van der Waals surface area contributed by atoms with Crippen LogP contribution in [0, 0.1) is 0 Å². The maximum atomic E-state index is 3.66. The SMILES string of the molecule is CCSC1CCC(N2CC(CC)NCC2C)C1. The van der Waals surface area contributed by atoms with Gasteiger partial charge in [0, 0.05) is 36.5 Å². The Morgan fingerprint density at radius 2 is 2.12 bits per heavy atom. The van der Waals surface area contributed by atoms with Crippen molar-refractivity contribution in [1.29, 1.82) is 0 Å². The van der Waals surface area contributed by atoms with E-state index in [1.807, 2.05) is 0 Å². The molecule has 1 aliphatic carbocycles. The summed E-state index contributed by atoms with van der Waals surface area (Å²) in [7, 11) is 0. The first-order valence-corrected chi connectivity index (χ1v) is 8.40. The van der Waals surface area contributed by atoms with E-state index >= 15 is 0 Å². The van der Waals surface area contributed by atoms with Gasteiger partial charge in [0.25, 0.3) is 0 Å². The second kappa shape index (κ2) is 6.44. The van der Waals surface area contributed by atoms with Crippen LogP contribution in [0.1, 0.15) is 46.5 Å². The van der Waals surface area contributed by atoms with E-state index in [-0.39, 0.29) is 0 Å². The van der Waals surface area contributed by atoms with E-state index < -0.39 is 0 Å². The molecule has 1 N–H and O–H groups in total. The molecule has 1 heterocycles. The van der Waals surface area contributed by atoms with Gasteiger partial charge in [0.05, 0.1) is 0 Å². The van der Waals surface area contributed by atoms with Gasteiger partial charge in [-0.25, -0.2) is 0 Å². The molecular weight excluding hydrogens is 228 g/mol. The van der Waals surface area contributed by atoms with Gasteiger partial charge in [-0.2, -0.15) is 11.8 Å². The van der Waals surface area contributed by atoms with E-state index in [0.29, 0.717) is 0 Å². The maximum Gasteiger partial charge on any atom is 0.0196 e. The minimum atomic E-state index is 0.726. The van der Waals surface area contributed by atoms with Crippen molar-refractivity contribution in [3.05, 3.63) is 0 Å². The lowest BCUT2D eigenvalue weighted by atomic mass is 10.0. The molecule has 1 saturated carbocycles. The first-order valence-electron chi connectivity index (χ1n) is 7.35. The summed E-state index contributed by atoms with van der Waals surface area (Å²) in [5.41, 5.74) is 0. The second-order valence-electron chi connectivity index (χ2n) is 5.60. The molecule has 0 amide bonds. The first-order chi connectivity index (χ1) is 8.24. The normalized spacial score (nSPS) is 39.7. The predicted octanol–water partition coefficient (Wildman–Crippen LogP) is 2.73. The Morgan fingerprint density at radius 1 is 1.29 bits per heavy atom. The van der Waals surface area contributed by atoms with E-state index in [2.05, 4.69) is 42.7 Å². The Hall–Kier alpha value is 0.270. The summed E-state index contributed by atoms with van der Waals surface area (Å²) in [6.07, 6.45) is 5.57. The molecule has 0 spiro atoms. The summed E-state index contributed by atoms with van der Waals surface area (Å²) in [4.78, 5) is 2.79. The average molecular weight is 256 g/mol. The molecule has 100 valence electrons. The van der Waals surface area contributed by atoms with Gasteiger partial charge in [-0.3, -0.25) is 4.90 Å². The largest absolute Gasteiger partial charge is 0.311 e. The summed E-state index contributed by atoms with van der Waals surface area (Å²) < 4.78 is 0. The zero-order valence-corrected chi connectivity index (χ0v) is 12.4. The van der Waals surface area contributed by atoms with Crippen LogP contribution < -0.4 is 5.32 Å². The van der Waals surface area contributed by atoms with Crippen molar-refractivity contribution in [2.45, 2.75) is 69.8 Å². The van der Waals surface area contributed by atoms with Gasteiger partial charge in [0.1, 0.15) is 0 Å². The highest BCUT2D eigenvalue weighted by Gasteiger charge is 2.34. The van der Waals surface area contributed by atoms with Crippen molar-refractivity contribution in [1.82, 2.24) is 10.2 Å². The Morgan fingerprint density at radius 3 is 2.82 bits per heavy atom. The number of piperazine rings is 1. The minimum Gasteiger partial charge on any atom is -0.311 e. The summed E-state index contributed by atoms with van der Waals surface area (Å²) in [6.45, 7) is 9.43. The Labute approximate surface area is 111 Å². The van der Waals surface area contributed by atoms with Crippen LogP contribution in [-0.4, -0.2) is 47.1 Å². The van der Waals surface area contributed by atoms with Gasteiger partial charge in [0.15, 0.2) is 0 Å². The summed E-state index contributed by atoms with van der Waals surface area (Å²) in [5, 5.41) is 4.60. The van der Waals surface area contributed by atoms with Gasteiger partial charge < -0.3 is 5.32 Å². The van der Waals surface area contributed by atoms with Gasteiger partial charge >= 0.3 is 0 Å². The minimum absolute atomic E-state index is 0.726. The third-order valence-corrected chi connectivity index (χ3v) is 5.65. The molecule has 4 atom stereocenters. The number of hydrogen-bond acceptors (Lipinski definition) is 3. The Kier molecular flexibility index (Phi) is 5.19. The van der Waals surface area contributed by atoms with Crippen molar-refractivity contribution >= 4 is 11.8 Å². The van der Waals surface area contributed by atoms with E-state index in [4.69, 9.17) is 0 Å². The number of thioether (sulfide) groups is 1. The van der Waals surface area contributed by atoms with Crippen LogP contribution in [0.15, 0.2) is 0 Å². The van der Waals surface area contributed by atoms with Gasteiger partial charge in [-0.1, -0.05) is 13.8 Å². The van der Waals surface area contributed by atoms with E-state index in [1.54, 1.807) is 0 Å². The van der Waals surface area contributed by atoms with Crippen LogP contribution in [0.2, 0.25) is 0 Å². The van der Waals surface area contributed by atoms with E-state index in [1.165, 1.54) is 44.5 Å². The smallest absolute Gasteiger partial charge is 0.0196 e. The van der Waals surface area contributed by atoms with Crippen molar-refractivity contribution in [2.24, 2.45) is 0 Å². The fourth-order valence-electron chi connectivity index (χ4n) is 3.34. The summed E-state index contributed by atoms with van der Waals surface area (Å²) in [5.74, 6) is 1.28. The third-order valence-electron chi connectivity index (χ3n) is 4.42. The molecule has 1 aliphatic heterocycles. The topological polar surface area (TPSA) is 15.3 Å². The molecular formula is C14H28N2S. The monoisotopic (exact) mass is 256 g/mol.